The lowest BCUT2D eigenvalue weighted by Gasteiger charge is -2.41. The normalized spacial score (nSPS) is 33.6. The van der Waals surface area contributed by atoms with Crippen molar-refractivity contribution < 1.29 is 53.6 Å². The zero-order chi connectivity index (χ0) is 20.6. The van der Waals surface area contributed by atoms with Crippen LogP contribution in [0.4, 0.5) is 26.3 Å². The van der Waals surface area contributed by atoms with E-state index in [0.717, 1.165) is 0 Å². The second kappa shape index (κ2) is 5.58. The number of Topliss-reactive ketones (excluding diaryl/α,β-unsaturated/α-hetero) is 1. The monoisotopic (exact) mass is 424 g/mol. The highest BCUT2D eigenvalue weighted by atomic mass is 32.2. The molecule has 13 heteroatoms. The van der Waals surface area contributed by atoms with Gasteiger partial charge in [-0.05, 0) is 31.6 Å². The summed E-state index contributed by atoms with van der Waals surface area (Å²) >= 11 is 0. The van der Waals surface area contributed by atoms with Gasteiger partial charge in [0.15, 0.2) is 0 Å². The van der Waals surface area contributed by atoms with Crippen molar-refractivity contribution in [1.29, 1.82) is 0 Å². The average molecular weight is 424 g/mol. The summed E-state index contributed by atoms with van der Waals surface area (Å²) in [5, 5.41) is 0. The van der Waals surface area contributed by atoms with Crippen molar-refractivity contribution in [1.82, 2.24) is 0 Å². The van der Waals surface area contributed by atoms with E-state index in [2.05, 4.69) is 4.74 Å². The van der Waals surface area contributed by atoms with Gasteiger partial charge in [-0.25, -0.2) is 0 Å². The molecule has 6 nitrogen and oxygen atoms in total. The van der Waals surface area contributed by atoms with Gasteiger partial charge in [0.2, 0.25) is 0 Å². The SMILES string of the molecule is O=C1C2CC3CC(C(=O)OC(CS(=O)(=O)O)(C(F)(F)F)C(F)(F)F)(C2)CC13. The summed E-state index contributed by atoms with van der Waals surface area (Å²) < 4.78 is 114. The van der Waals surface area contributed by atoms with Crippen LogP contribution < -0.4 is 0 Å². The number of ether oxygens (including phenoxy) is 1. The molecule has 4 fully saturated rings. The Morgan fingerprint density at radius 1 is 1.11 bits per heavy atom. The van der Waals surface area contributed by atoms with Crippen LogP contribution in [0.15, 0.2) is 0 Å². The van der Waals surface area contributed by atoms with Gasteiger partial charge in [-0.3, -0.25) is 14.1 Å². The Kier molecular flexibility index (Phi) is 4.21. The van der Waals surface area contributed by atoms with E-state index in [1.807, 2.05) is 0 Å². The molecule has 4 atom stereocenters. The van der Waals surface area contributed by atoms with Crippen LogP contribution in [0.2, 0.25) is 0 Å². The smallest absolute Gasteiger partial charge is 0.438 e. The lowest BCUT2D eigenvalue weighted by Crippen LogP contribution is -2.64. The van der Waals surface area contributed by atoms with Crippen molar-refractivity contribution in [3.05, 3.63) is 0 Å². The molecule has 4 unspecified atom stereocenters. The summed E-state index contributed by atoms with van der Waals surface area (Å²) in [6.45, 7) is 0. The number of halogens is 6. The maximum Gasteiger partial charge on any atom is 0.438 e. The van der Waals surface area contributed by atoms with E-state index in [1.165, 1.54) is 0 Å². The quantitative estimate of drug-likeness (QED) is 0.423. The summed E-state index contributed by atoms with van der Waals surface area (Å²) in [7, 11) is -5.82. The maximum atomic E-state index is 13.3. The van der Waals surface area contributed by atoms with Crippen LogP contribution >= 0.6 is 0 Å². The molecule has 0 aromatic rings. The van der Waals surface area contributed by atoms with Gasteiger partial charge in [0.05, 0.1) is 5.41 Å². The van der Waals surface area contributed by atoms with Crippen molar-refractivity contribution in [2.45, 2.75) is 43.6 Å². The number of hydrogen-bond donors (Lipinski definition) is 1. The van der Waals surface area contributed by atoms with Crippen molar-refractivity contribution in [3.63, 3.8) is 0 Å². The van der Waals surface area contributed by atoms with E-state index < -0.39 is 57.0 Å². The molecular weight excluding hydrogens is 410 g/mol. The molecule has 4 aliphatic carbocycles. The fourth-order valence-electron chi connectivity index (χ4n) is 4.75. The van der Waals surface area contributed by atoms with Gasteiger partial charge in [0.1, 0.15) is 11.5 Å². The fraction of sp³-hybridized carbons (Fsp3) is 0.857. The molecule has 4 saturated carbocycles. The maximum absolute atomic E-state index is 13.3. The Hall–Kier alpha value is -1.37. The van der Waals surface area contributed by atoms with Crippen molar-refractivity contribution in [2.24, 2.45) is 23.2 Å². The van der Waals surface area contributed by atoms with Crippen LogP contribution in [-0.2, 0) is 24.4 Å². The molecule has 0 aliphatic heterocycles. The Balaban J connectivity index is 1.98. The minimum absolute atomic E-state index is 0.0869. The van der Waals surface area contributed by atoms with Crippen molar-refractivity contribution >= 4 is 21.9 Å². The predicted octanol–water partition coefficient (Wildman–Crippen LogP) is 2.29. The highest BCUT2D eigenvalue weighted by Crippen LogP contribution is 2.63. The predicted molar refractivity (Wildman–Crippen MR) is 73.7 cm³/mol. The molecule has 154 valence electrons. The number of alkyl halides is 6. The standard InChI is InChI=1S/C14H14F6O6S/c15-13(16,17)12(14(18,19)20,5-27(23,24)25)26-10(22)11-2-6-1-7(3-11)9(21)8(6)4-11/h6-8H,1-5H2,(H,23,24,25). The van der Waals surface area contributed by atoms with E-state index in [1.54, 1.807) is 0 Å². The highest BCUT2D eigenvalue weighted by Gasteiger charge is 2.77. The summed E-state index contributed by atoms with van der Waals surface area (Å²) in [6, 6.07) is 0. The molecular formula is C14H14F6O6S. The molecule has 4 rings (SSSR count). The van der Waals surface area contributed by atoms with E-state index >= 15 is 0 Å². The first-order valence-corrected chi connectivity index (χ1v) is 9.48. The van der Waals surface area contributed by atoms with Gasteiger partial charge in [-0.15, -0.1) is 0 Å². The summed E-state index contributed by atoms with van der Waals surface area (Å²) in [6.07, 6.45) is -12.8. The van der Waals surface area contributed by atoms with Crippen LogP contribution in [0.3, 0.4) is 0 Å². The van der Waals surface area contributed by atoms with E-state index in [4.69, 9.17) is 4.55 Å². The molecule has 0 amide bonds. The van der Waals surface area contributed by atoms with Crippen LogP contribution in [0.1, 0.15) is 25.7 Å². The highest BCUT2D eigenvalue weighted by molar-refractivity contribution is 7.85. The third-order valence-electron chi connectivity index (χ3n) is 5.83. The van der Waals surface area contributed by atoms with Gasteiger partial charge >= 0.3 is 23.9 Å². The number of esters is 1. The summed E-state index contributed by atoms with van der Waals surface area (Å²) in [5.74, 6) is -6.44. The zero-order valence-corrected chi connectivity index (χ0v) is 14.2. The summed E-state index contributed by atoms with van der Waals surface area (Å²) in [4.78, 5) is 24.4. The Morgan fingerprint density at radius 2 is 1.67 bits per heavy atom. The van der Waals surface area contributed by atoms with E-state index in [-0.39, 0.29) is 31.0 Å². The fourth-order valence-corrected chi connectivity index (χ4v) is 5.65. The van der Waals surface area contributed by atoms with Gasteiger partial charge in [-0.2, -0.15) is 34.8 Å². The van der Waals surface area contributed by atoms with Gasteiger partial charge in [-0.1, -0.05) is 0 Å². The molecule has 0 spiro atoms. The molecule has 0 aromatic carbocycles. The number of hydrogen-bond acceptors (Lipinski definition) is 5. The van der Waals surface area contributed by atoms with E-state index in [0.29, 0.717) is 6.42 Å². The first-order chi connectivity index (χ1) is 12.0. The van der Waals surface area contributed by atoms with Gasteiger partial charge in [0, 0.05) is 11.8 Å². The lowest BCUT2D eigenvalue weighted by molar-refractivity contribution is -0.363. The van der Waals surface area contributed by atoms with Crippen LogP contribution in [-0.4, -0.2) is 48.4 Å². The third kappa shape index (κ3) is 3.02. The zero-order valence-electron chi connectivity index (χ0n) is 13.4. The number of carbonyl (C=O) groups is 2. The molecule has 1 N–H and O–H groups in total. The number of rotatable bonds is 4. The van der Waals surface area contributed by atoms with Crippen molar-refractivity contribution in [2.75, 3.05) is 5.75 Å². The largest absolute Gasteiger partial charge is 0.438 e. The van der Waals surface area contributed by atoms with Crippen molar-refractivity contribution in [3.8, 4) is 0 Å². The van der Waals surface area contributed by atoms with Crippen LogP contribution in [0.5, 0.6) is 0 Å². The minimum atomic E-state index is -6.35. The Morgan fingerprint density at radius 3 is 2.07 bits per heavy atom. The number of carbonyl (C=O) groups excluding carboxylic acids is 2. The van der Waals surface area contributed by atoms with Gasteiger partial charge < -0.3 is 4.74 Å². The van der Waals surface area contributed by atoms with E-state index in [9.17, 15) is 44.3 Å². The molecule has 4 aliphatic rings. The topological polar surface area (TPSA) is 97.7 Å². The molecule has 0 saturated heterocycles. The molecule has 0 heterocycles. The molecule has 0 aromatic heterocycles. The van der Waals surface area contributed by atoms with Crippen LogP contribution in [0, 0.1) is 23.2 Å². The second-order valence-corrected chi connectivity index (χ2v) is 8.99. The third-order valence-corrected chi connectivity index (χ3v) is 6.60. The van der Waals surface area contributed by atoms with Crippen LogP contribution in [0.25, 0.3) is 0 Å². The average Bonchev–Trinajstić information content (AvgIpc) is 2.83. The Labute approximate surface area is 149 Å². The summed E-state index contributed by atoms with van der Waals surface area (Å²) in [5.41, 5.74) is -7.09. The lowest BCUT2D eigenvalue weighted by atomic mass is 9.69. The Bertz CT molecular complexity index is 769. The minimum Gasteiger partial charge on any atom is -0.438 e. The number of ketones is 1. The first kappa shape index (κ1) is 20.4. The molecule has 0 radical (unpaired) electrons. The molecule has 27 heavy (non-hydrogen) atoms. The van der Waals surface area contributed by atoms with Gasteiger partial charge in [0.25, 0.3) is 10.1 Å². The molecule has 4 bridgehead atoms. The second-order valence-electron chi connectivity index (χ2n) is 7.53. The first-order valence-electron chi connectivity index (χ1n) is 7.87.